The topological polar surface area (TPSA) is 114 Å². The van der Waals surface area contributed by atoms with Crippen LogP contribution in [0.4, 0.5) is 11.4 Å². The number of Topliss-reactive ketones (excluding diaryl/α,β-unsaturated/α-hetero) is 1. The SMILES string of the molecule is CCc1ccccc1NC(=O)C1C(=O)CC(C)(O)C(C(=O)Nc2ccccc2CC)C1c1ccc(OCc2ccccc2Cl)c(OC)c1. The Bertz CT molecular complexity index is 1800. The number of para-hydroxylation sites is 2. The van der Waals surface area contributed by atoms with Crippen molar-refractivity contribution in [2.45, 2.75) is 58.2 Å². The van der Waals surface area contributed by atoms with Crippen molar-refractivity contribution in [3.63, 3.8) is 0 Å². The summed E-state index contributed by atoms with van der Waals surface area (Å²) in [7, 11) is 1.49. The minimum Gasteiger partial charge on any atom is -0.493 e. The zero-order valence-electron chi connectivity index (χ0n) is 27.6. The number of nitrogens with one attached hydrogen (secondary N) is 2. The fraction of sp³-hybridized carbons (Fsp3) is 0.308. The Labute approximate surface area is 286 Å². The molecule has 0 aliphatic heterocycles. The Kier molecular flexibility index (Phi) is 10.9. The third kappa shape index (κ3) is 7.40. The number of carbonyl (C=O) groups is 3. The predicted molar refractivity (Wildman–Crippen MR) is 188 cm³/mol. The number of aryl methyl sites for hydroxylation is 2. The van der Waals surface area contributed by atoms with E-state index in [0.717, 1.165) is 16.7 Å². The van der Waals surface area contributed by atoms with Crippen molar-refractivity contribution in [2.24, 2.45) is 11.8 Å². The molecule has 9 heteroatoms. The van der Waals surface area contributed by atoms with Gasteiger partial charge in [-0.25, -0.2) is 0 Å². The highest BCUT2D eigenvalue weighted by molar-refractivity contribution is 6.31. The Hall–Kier alpha value is -4.66. The average Bonchev–Trinajstić information content (AvgIpc) is 3.07. The summed E-state index contributed by atoms with van der Waals surface area (Å²) in [6.45, 7) is 5.62. The van der Waals surface area contributed by atoms with Crippen LogP contribution in [0.1, 0.15) is 55.4 Å². The molecule has 4 atom stereocenters. The first kappa shape index (κ1) is 34.7. The lowest BCUT2D eigenvalue weighted by Gasteiger charge is -2.44. The number of carbonyl (C=O) groups excluding carboxylic acids is 3. The van der Waals surface area contributed by atoms with Crippen LogP contribution in [0.2, 0.25) is 5.02 Å². The van der Waals surface area contributed by atoms with Gasteiger partial charge in [0, 0.05) is 34.3 Å². The molecule has 48 heavy (non-hydrogen) atoms. The number of benzene rings is 4. The monoisotopic (exact) mass is 668 g/mol. The number of hydrogen-bond donors (Lipinski definition) is 3. The van der Waals surface area contributed by atoms with E-state index in [1.165, 1.54) is 14.0 Å². The fourth-order valence-electron chi connectivity index (χ4n) is 6.60. The highest BCUT2D eigenvalue weighted by Gasteiger charge is 2.56. The van der Waals surface area contributed by atoms with E-state index < -0.39 is 41.0 Å². The molecular formula is C39H41ClN2O6. The first-order chi connectivity index (χ1) is 23.1. The summed E-state index contributed by atoms with van der Waals surface area (Å²) in [5.41, 5.74) is 2.51. The van der Waals surface area contributed by atoms with Crippen LogP contribution < -0.4 is 20.1 Å². The minimum atomic E-state index is -1.77. The lowest BCUT2D eigenvalue weighted by Crippen LogP contribution is -2.56. The molecule has 4 unspecified atom stereocenters. The maximum absolute atomic E-state index is 14.3. The molecular weight excluding hydrogens is 628 g/mol. The largest absolute Gasteiger partial charge is 0.493 e. The minimum absolute atomic E-state index is 0.176. The van der Waals surface area contributed by atoms with Crippen LogP contribution in [0.5, 0.6) is 11.5 Å². The van der Waals surface area contributed by atoms with Crippen molar-refractivity contribution in [1.82, 2.24) is 0 Å². The standard InChI is InChI=1S/C39H41ClN2O6/c1-5-24-13-8-11-17-29(24)41-37(44)35-31(43)22-39(3,46)36(38(45)42-30-18-12-9-14-25(30)6-2)34(35)26-19-20-32(33(21-26)47-4)48-23-27-15-7-10-16-28(27)40/h7-21,34-36,46H,5-6,22-23H2,1-4H3,(H,41,44)(H,42,45). The molecule has 1 saturated carbocycles. The van der Waals surface area contributed by atoms with Gasteiger partial charge >= 0.3 is 0 Å². The van der Waals surface area contributed by atoms with Crippen molar-refractivity contribution in [3.05, 3.63) is 118 Å². The lowest BCUT2D eigenvalue weighted by atomic mass is 9.61. The first-order valence-electron chi connectivity index (χ1n) is 16.1. The van der Waals surface area contributed by atoms with Crippen LogP contribution in [0, 0.1) is 11.8 Å². The molecule has 5 rings (SSSR count). The van der Waals surface area contributed by atoms with Gasteiger partial charge in [0.15, 0.2) is 11.5 Å². The summed E-state index contributed by atoms with van der Waals surface area (Å²) in [5.74, 6) is -4.28. The number of ketones is 1. The van der Waals surface area contributed by atoms with Crippen LogP contribution in [0.25, 0.3) is 0 Å². The van der Waals surface area contributed by atoms with E-state index in [1.807, 2.05) is 68.4 Å². The number of anilines is 2. The molecule has 0 spiro atoms. The van der Waals surface area contributed by atoms with Crippen molar-refractivity contribution < 1.29 is 29.0 Å². The highest BCUT2D eigenvalue weighted by Crippen LogP contribution is 2.48. The van der Waals surface area contributed by atoms with Gasteiger partial charge < -0.3 is 25.2 Å². The van der Waals surface area contributed by atoms with Crippen LogP contribution in [-0.4, -0.2) is 35.4 Å². The van der Waals surface area contributed by atoms with Crippen molar-refractivity contribution in [1.29, 1.82) is 0 Å². The Morgan fingerprint density at radius 3 is 1.98 bits per heavy atom. The molecule has 0 radical (unpaired) electrons. The molecule has 0 bridgehead atoms. The van der Waals surface area contributed by atoms with Gasteiger partial charge in [0.25, 0.3) is 0 Å². The Balaban J connectivity index is 1.58. The molecule has 1 fully saturated rings. The fourth-order valence-corrected chi connectivity index (χ4v) is 6.79. The van der Waals surface area contributed by atoms with Gasteiger partial charge in [-0.05, 0) is 66.8 Å². The number of amides is 2. The predicted octanol–water partition coefficient (Wildman–Crippen LogP) is 7.37. The van der Waals surface area contributed by atoms with Gasteiger partial charge in [-0.3, -0.25) is 14.4 Å². The smallest absolute Gasteiger partial charge is 0.235 e. The van der Waals surface area contributed by atoms with Crippen LogP contribution in [0.15, 0.2) is 91.0 Å². The van der Waals surface area contributed by atoms with Crippen LogP contribution in [0.3, 0.4) is 0 Å². The molecule has 0 aromatic heterocycles. The highest BCUT2D eigenvalue weighted by atomic mass is 35.5. The van der Waals surface area contributed by atoms with Gasteiger partial charge in [-0.2, -0.15) is 0 Å². The first-order valence-corrected chi connectivity index (χ1v) is 16.5. The van der Waals surface area contributed by atoms with Gasteiger partial charge in [-0.1, -0.05) is 86.1 Å². The van der Waals surface area contributed by atoms with Gasteiger partial charge in [-0.15, -0.1) is 0 Å². The number of aliphatic hydroxyl groups is 1. The lowest BCUT2D eigenvalue weighted by molar-refractivity contribution is -0.150. The maximum atomic E-state index is 14.3. The average molecular weight is 669 g/mol. The molecule has 1 aliphatic carbocycles. The van der Waals surface area contributed by atoms with E-state index in [1.54, 1.807) is 36.4 Å². The van der Waals surface area contributed by atoms with E-state index in [9.17, 15) is 19.5 Å². The third-order valence-corrected chi connectivity index (χ3v) is 9.43. The second kappa shape index (κ2) is 15.0. The number of halogens is 1. The quantitative estimate of drug-likeness (QED) is 0.144. The van der Waals surface area contributed by atoms with Gasteiger partial charge in [0.1, 0.15) is 18.3 Å². The van der Waals surface area contributed by atoms with E-state index >= 15 is 0 Å². The van der Waals surface area contributed by atoms with Crippen molar-refractivity contribution in [3.8, 4) is 11.5 Å². The zero-order valence-corrected chi connectivity index (χ0v) is 28.3. The maximum Gasteiger partial charge on any atom is 0.235 e. The summed E-state index contributed by atoms with van der Waals surface area (Å²) >= 11 is 6.33. The van der Waals surface area contributed by atoms with Crippen LogP contribution >= 0.6 is 11.6 Å². The molecule has 3 N–H and O–H groups in total. The Morgan fingerprint density at radius 2 is 1.40 bits per heavy atom. The van der Waals surface area contributed by atoms with Crippen molar-refractivity contribution >= 4 is 40.6 Å². The van der Waals surface area contributed by atoms with Crippen LogP contribution in [-0.2, 0) is 33.8 Å². The zero-order chi connectivity index (χ0) is 34.4. The van der Waals surface area contributed by atoms with E-state index in [-0.39, 0.29) is 13.0 Å². The summed E-state index contributed by atoms with van der Waals surface area (Å²) in [6.07, 6.45) is 0.969. The summed E-state index contributed by atoms with van der Waals surface area (Å²) < 4.78 is 11.8. The van der Waals surface area contributed by atoms with E-state index in [0.29, 0.717) is 46.3 Å². The second-order valence-corrected chi connectivity index (χ2v) is 12.7. The molecule has 8 nitrogen and oxygen atoms in total. The molecule has 0 saturated heterocycles. The number of hydrogen-bond acceptors (Lipinski definition) is 6. The van der Waals surface area contributed by atoms with Crippen molar-refractivity contribution in [2.75, 3.05) is 17.7 Å². The molecule has 0 heterocycles. The van der Waals surface area contributed by atoms with Gasteiger partial charge in [0.2, 0.25) is 11.8 Å². The van der Waals surface area contributed by atoms with E-state index in [4.69, 9.17) is 21.1 Å². The molecule has 1 aliphatic rings. The number of methoxy groups -OCH3 is 1. The van der Waals surface area contributed by atoms with E-state index in [2.05, 4.69) is 10.6 Å². The third-order valence-electron chi connectivity index (χ3n) is 9.06. The molecule has 2 amide bonds. The normalized spacial score (nSPS) is 20.5. The number of ether oxygens (including phenoxy) is 2. The molecule has 250 valence electrons. The Morgan fingerprint density at radius 1 is 0.833 bits per heavy atom. The number of rotatable bonds is 11. The molecule has 4 aromatic rings. The molecule has 4 aromatic carbocycles. The van der Waals surface area contributed by atoms with Gasteiger partial charge in [0.05, 0.1) is 18.6 Å². The summed E-state index contributed by atoms with van der Waals surface area (Å²) in [4.78, 5) is 42.4. The second-order valence-electron chi connectivity index (χ2n) is 12.3. The summed E-state index contributed by atoms with van der Waals surface area (Å²) in [5, 5.41) is 18.3. The summed E-state index contributed by atoms with van der Waals surface area (Å²) in [6, 6.07) is 27.2.